The lowest BCUT2D eigenvalue weighted by Gasteiger charge is -2.37. The van der Waals surface area contributed by atoms with Crippen LogP contribution < -0.4 is 4.90 Å². The lowest BCUT2D eigenvalue weighted by Crippen LogP contribution is -2.52. The number of carbonyl (C=O) groups is 1. The molecule has 0 spiro atoms. The van der Waals surface area contributed by atoms with E-state index in [0.29, 0.717) is 5.92 Å². The molecule has 4 rings (SSSR count). The fraction of sp³-hybridized carbons (Fsp3) is 0.632. The van der Waals surface area contributed by atoms with Crippen LogP contribution in [0.15, 0.2) is 23.3 Å². The molecule has 0 radical (unpaired) electrons. The van der Waals surface area contributed by atoms with E-state index in [1.54, 1.807) is 5.01 Å². The summed E-state index contributed by atoms with van der Waals surface area (Å²) in [5.74, 6) is 1.70. The predicted octanol–water partition coefficient (Wildman–Crippen LogP) is 3.06. The topological polar surface area (TPSA) is 52.0 Å². The Morgan fingerprint density at radius 3 is 2.56 bits per heavy atom. The summed E-state index contributed by atoms with van der Waals surface area (Å²) >= 11 is 0. The van der Waals surface area contributed by atoms with Crippen LogP contribution in [0.2, 0.25) is 0 Å². The SMILES string of the molecule is CC1CC=NN1C(=O)N1CCN(c2cccc(C3CCCC3)n2)CC1. The minimum absolute atomic E-state index is 0.0357. The van der Waals surface area contributed by atoms with Gasteiger partial charge >= 0.3 is 6.03 Å². The van der Waals surface area contributed by atoms with Gasteiger partial charge in [0.25, 0.3) is 0 Å². The first-order chi connectivity index (χ1) is 12.2. The van der Waals surface area contributed by atoms with Gasteiger partial charge in [0.2, 0.25) is 0 Å². The monoisotopic (exact) mass is 341 g/mol. The Balaban J connectivity index is 1.38. The summed E-state index contributed by atoms with van der Waals surface area (Å²) in [6.07, 6.45) is 7.88. The van der Waals surface area contributed by atoms with Crippen LogP contribution in [0.3, 0.4) is 0 Å². The molecular weight excluding hydrogens is 314 g/mol. The van der Waals surface area contributed by atoms with Crippen molar-refractivity contribution in [3.8, 4) is 0 Å². The van der Waals surface area contributed by atoms with Crippen LogP contribution in [0.4, 0.5) is 10.6 Å². The van der Waals surface area contributed by atoms with Crippen LogP contribution in [-0.2, 0) is 0 Å². The average Bonchev–Trinajstić information content (AvgIpc) is 3.33. The van der Waals surface area contributed by atoms with E-state index in [9.17, 15) is 4.79 Å². The number of hydrogen-bond donors (Lipinski definition) is 0. The van der Waals surface area contributed by atoms with Gasteiger partial charge in [-0.3, -0.25) is 0 Å². The largest absolute Gasteiger partial charge is 0.353 e. The first-order valence-electron chi connectivity index (χ1n) is 9.55. The number of urea groups is 1. The quantitative estimate of drug-likeness (QED) is 0.831. The molecule has 1 saturated carbocycles. The third-order valence-corrected chi connectivity index (χ3v) is 5.67. The van der Waals surface area contributed by atoms with Gasteiger partial charge < -0.3 is 9.80 Å². The second kappa shape index (κ2) is 7.02. The molecule has 0 aromatic carbocycles. The van der Waals surface area contributed by atoms with Crippen molar-refractivity contribution in [2.24, 2.45) is 5.10 Å². The highest BCUT2D eigenvalue weighted by molar-refractivity contribution is 5.78. The maximum Gasteiger partial charge on any atom is 0.340 e. The number of anilines is 1. The van der Waals surface area contributed by atoms with E-state index in [-0.39, 0.29) is 12.1 Å². The van der Waals surface area contributed by atoms with Crippen molar-refractivity contribution < 1.29 is 4.79 Å². The summed E-state index contributed by atoms with van der Waals surface area (Å²) in [7, 11) is 0. The molecule has 0 N–H and O–H groups in total. The molecule has 1 saturated heterocycles. The average molecular weight is 341 g/mol. The zero-order chi connectivity index (χ0) is 17.2. The number of aromatic nitrogens is 1. The number of nitrogens with zero attached hydrogens (tertiary/aromatic N) is 5. The first-order valence-corrected chi connectivity index (χ1v) is 9.55. The number of hydrazone groups is 1. The molecule has 6 heteroatoms. The lowest BCUT2D eigenvalue weighted by molar-refractivity contribution is 0.142. The highest BCUT2D eigenvalue weighted by Gasteiger charge is 2.30. The summed E-state index contributed by atoms with van der Waals surface area (Å²) in [6.45, 7) is 5.16. The summed E-state index contributed by atoms with van der Waals surface area (Å²) in [6, 6.07) is 6.62. The molecule has 1 unspecified atom stereocenters. The van der Waals surface area contributed by atoms with Crippen LogP contribution in [-0.4, -0.2) is 59.4 Å². The van der Waals surface area contributed by atoms with Gasteiger partial charge in [0.1, 0.15) is 5.82 Å². The first kappa shape index (κ1) is 16.4. The third-order valence-electron chi connectivity index (χ3n) is 5.67. The number of rotatable bonds is 2. The van der Waals surface area contributed by atoms with Crippen LogP contribution in [0, 0.1) is 0 Å². The maximum absolute atomic E-state index is 12.6. The van der Waals surface area contributed by atoms with Gasteiger partial charge in [0.05, 0.1) is 6.04 Å². The zero-order valence-corrected chi connectivity index (χ0v) is 15.0. The van der Waals surface area contributed by atoms with E-state index in [1.165, 1.54) is 31.4 Å². The Labute approximate surface area is 149 Å². The Morgan fingerprint density at radius 2 is 1.88 bits per heavy atom. The molecule has 25 heavy (non-hydrogen) atoms. The summed E-state index contributed by atoms with van der Waals surface area (Å²) in [5, 5.41) is 5.84. The molecule has 1 atom stereocenters. The van der Waals surface area contributed by atoms with E-state index < -0.39 is 0 Å². The Bertz CT molecular complexity index is 647. The van der Waals surface area contributed by atoms with Crippen molar-refractivity contribution in [3.05, 3.63) is 23.9 Å². The number of pyridine rings is 1. The molecule has 1 aromatic heterocycles. The highest BCUT2D eigenvalue weighted by Crippen LogP contribution is 2.33. The van der Waals surface area contributed by atoms with Gasteiger partial charge in [-0.15, -0.1) is 0 Å². The van der Waals surface area contributed by atoms with E-state index in [0.717, 1.165) is 38.4 Å². The van der Waals surface area contributed by atoms with Crippen LogP contribution in [0.5, 0.6) is 0 Å². The third kappa shape index (κ3) is 3.34. The second-order valence-electron chi connectivity index (χ2n) is 7.39. The molecular formula is C19H27N5O. The standard InChI is InChI=1S/C19H27N5O/c1-15-9-10-20-24(15)19(25)23-13-11-22(12-14-23)18-8-4-7-17(21-18)16-5-2-3-6-16/h4,7-8,10,15-16H,2-3,5-6,9,11-14H2,1H3. The fourth-order valence-electron chi connectivity index (χ4n) is 4.08. The minimum Gasteiger partial charge on any atom is -0.353 e. The highest BCUT2D eigenvalue weighted by atomic mass is 16.2. The molecule has 1 aromatic rings. The number of carbonyl (C=O) groups excluding carboxylic acids is 1. The van der Waals surface area contributed by atoms with Crippen LogP contribution in [0.25, 0.3) is 0 Å². The number of amides is 2. The second-order valence-corrected chi connectivity index (χ2v) is 7.39. The molecule has 2 fully saturated rings. The van der Waals surface area contributed by atoms with E-state index in [1.807, 2.05) is 18.0 Å². The lowest BCUT2D eigenvalue weighted by atomic mass is 10.0. The Hall–Kier alpha value is -2.11. The molecule has 6 nitrogen and oxygen atoms in total. The Morgan fingerprint density at radius 1 is 1.12 bits per heavy atom. The Kier molecular flexibility index (Phi) is 4.59. The molecule has 1 aliphatic carbocycles. The van der Waals surface area contributed by atoms with Gasteiger partial charge in [0.15, 0.2) is 0 Å². The molecule has 2 aliphatic heterocycles. The van der Waals surface area contributed by atoms with Crippen molar-refractivity contribution in [2.75, 3.05) is 31.1 Å². The summed E-state index contributed by atoms with van der Waals surface area (Å²) < 4.78 is 0. The number of piperazine rings is 1. The van der Waals surface area contributed by atoms with Gasteiger partial charge in [-0.1, -0.05) is 18.9 Å². The zero-order valence-electron chi connectivity index (χ0n) is 15.0. The summed E-state index contributed by atoms with van der Waals surface area (Å²) in [5.41, 5.74) is 1.24. The fourth-order valence-corrected chi connectivity index (χ4v) is 4.08. The van der Waals surface area contributed by atoms with E-state index >= 15 is 0 Å². The molecule has 0 bridgehead atoms. The normalized spacial score (nSPS) is 24.4. The summed E-state index contributed by atoms with van der Waals surface area (Å²) in [4.78, 5) is 21.7. The van der Waals surface area contributed by atoms with Gasteiger partial charge in [-0.2, -0.15) is 5.10 Å². The smallest absolute Gasteiger partial charge is 0.340 e. The van der Waals surface area contributed by atoms with Crippen molar-refractivity contribution in [1.29, 1.82) is 0 Å². The van der Waals surface area contributed by atoms with E-state index in [2.05, 4.69) is 28.2 Å². The van der Waals surface area contributed by atoms with Crippen molar-refractivity contribution in [2.45, 2.75) is 51.0 Å². The van der Waals surface area contributed by atoms with Crippen LogP contribution >= 0.6 is 0 Å². The molecule has 3 aliphatic rings. The molecule has 134 valence electrons. The van der Waals surface area contributed by atoms with Gasteiger partial charge in [-0.25, -0.2) is 14.8 Å². The maximum atomic E-state index is 12.6. The molecule has 3 heterocycles. The van der Waals surface area contributed by atoms with Gasteiger partial charge in [0, 0.05) is 50.4 Å². The van der Waals surface area contributed by atoms with Crippen molar-refractivity contribution in [3.63, 3.8) is 0 Å². The minimum atomic E-state index is 0.0357. The van der Waals surface area contributed by atoms with Crippen molar-refractivity contribution in [1.82, 2.24) is 14.9 Å². The number of hydrogen-bond acceptors (Lipinski definition) is 4. The van der Waals surface area contributed by atoms with E-state index in [4.69, 9.17) is 4.98 Å². The van der Waals surface area contributed by atoms with Gasteiger partial charge in [-0.05, 0) is 31.9 Å². The predicted molar refractivity (Wildman–Crippen MR) is 99.0 cm³/mol. The van der Waals surface area contributed by atoms with Crippen LogP contribution in [0.1, 0.15) is 50.6 Å². The van der Waals surface area contributed by atoms with Crippen molar-refractivity contribution >= 4 is 18.1 Å². The molecule has 2 amide bonds.